The molecule has 1 fully saturated rings. The monoisotopic (exact) mass is 472 g/mol. The zero-order valence-corrected chi connectivity index (χ0v) is 19.1. The van der Waals surface area contributed by atoms with Crippen molar-refractivity contribution in [1.29, 1.82) is 0 Å². The van der Waals surface area contributed by atoms with Gasteiger partial charge < -0.3 is 25.0 Å². The van der Waals surface area contributed by atoms with Crippen molar-refractivity contribution in [2.45, 2.75) is 6.04 Å². The Morgan fingerprint density at radius 2 is 1.84 bits per heavy atom. The molecule has 1 aromatic heterocycles. The normalized spacial score (nSPS) is 16.7. The molecule has 0 radical (unpaired) electrons. The molecular formula is C21H24N6O3S2. The van der Waals surface area contributed by atoms with Crippen LogP contribution >= 0.6 is 24.4 Å². The molecule has 1 aliphatic heterocycles. The van der Waals surface area contributed by atoms with E-state index in [0.29, 0.717) is 28.4 Å². The summed E-state index contributed by atoms with van der Waals surface area (Å²) in [6.07, 6.45) is 0. The van der Waals surface area contributed by atoms with Crippen LogP contribution in [0.3, 0.4) is 0 Å². The van der Waals surface area contributed by atoms with Gasteiger partial charge in [0.05, 0.1) is 5.69 Å². The number of benzene rings is 2. The number of anilines is 2. The van der Waals surface area contributed by atoms with Gasteiger partial charge in [0.2, 0.25) is 0 Å². The molecule has 3 aromatic rings. The molecule has 2 heterocycles. The number of likely N-dealkylation sites (N-methyl/N-ethyl adjacent to an activating group) is 1. The summed E-state index contributed by atoms with van der Waals surface area (Å²) < 4.78 is 8.59. The minimum atomic E-state index is -0.827. The van der Waals surface area contributed by atoms with Crippen molar-refractivity contribution in [2.24, 2.45) is 0 Å². The molecule has 0 spiro atoms. The molecule has 1 saturated heterocycles. The van der Waals surface area contributed by atoms with Crippen LogP contribution < -0.4 is 15.0 Å². The highest BCUT2D eigenvalue weighted by Gasteiger charge is 2.31. The number of hydrogen-bond donors (Lipinski definition) is 4. The van der Waals surface area contributed by atoms with Gasteiger partial charge in [-0.1, -0.05) is 12.1 Å². The summed E-state index contributed by atoms with van der Waals surface area (Å²) >= 11 is 10.5. The molecule has 0 saturated carbocycles. The Bertz CT molecular complexity index is 1190. The number of rotatable bonds is 7. The number of aromatic amines is 2. The van der Waals surface area contributed by atoms with Gasteiger partial charge in [0.25, 0.3) is 0 Å². The first-order valence-corrected chi connectivity index (χ1v) is 10.9. The fraction of sp³-hybridized carbons (Fsp3) is 0.286. The quantitative estimate of drug-likeness (QED) is 0.307. The molecule has 2 aromatic carbocycles. The predicted octanol–water partition coefficient (Wildman–Crippen LogP) is 3.25. The highest BCUT2D eigenvalue weighted by atomic mass is 32.1. The Kier molecular flexibility index (Phi) is 6.58. The second-order valence-corrected chi connectivity index (χ2v) is 8.29. The summed E-state index contributed by atoms with van der Waals surface area (Å²) in [6, 6.07) is 14.6. The lowest BCUT2D eigenvalue weighted by Crippen LogP contribution is -2.55. The molecule has 4 N–H and O–H groups in total. The van der Waals surface area contributed by atoms with Gasteiger partial charge in [0.1, 0.15) is 11.8 Å². The average Bonchev–Trinajstić information content (AvgIpc) is 3.12. The van der Waals surface area contributed by atoms with Gasteiger partial charge in [-0.05, 0) is 61.8 Å². The van der Waals surface area contributed by atoms with Gasteiger partial charge in [0.15, 0.2) is 16.3 Å². The van der Waals surface area contributed by atoms with E-state index in [1.807, 2.05) is 65.4 Å². The van der Waals surface area contributed by atoms with E-state index in [0.717, 1.165) is 23.6 Å². The lowest BCUT2D eigenvalue weighted by Gasteiger charge is -2.39. The van der Waals surface area contributed by atoms with Crippen molar-refractivity contribution >= 4 is 41.8 Å². The number of carboxylic acid groups (broad SMARTS) is 1. The average molecular weight is 473 g/mol. The number of piperazine rings is 1. The van der Waals surface area contributed by atoms with E-state index in [1.54, 1.807) is 4.57 Å². The van der Waals surface area contributed by atoms with Crippen molar-refractivity contribution < 1.29 is 14.6 Å². The van der Waals surface area contributed by atoms with Crippen LogP contribution in [0, 0.1) is 9.54 Å². The largest absolute Gasteiger partial charge is 0.480 e. The lowest BCUT2D eigenvalue weighted by atomic mass is 10.1. The molecule has 9 nitrogen and oxygen atoms in total. The number of aliphatic carboxylic acids is 1. The Labute approximate surface area is 195 Å². The van der Waals surface area contributed by atoms with Crippen LogP contribution in [0.2, 0.25) is 0 Å². The summed E-state index contributed by atoms with van der Waals surface area (Å²) in [4.78, 5) is 15.7. The molecule has 0 aliphatic carbocycles. The molecule has 11 heteroatoms. The third kappa shape index (κ3) is 4.85. The van der Waals surface area contributed by atoms with E-state index < -0.39 is 12.0 Å². The van der Waals surface area contributed by atoms with Crippen LogP contribution in [-0.4, -0.2) is 70.2 Å². The molecule has 168 valence electrons. The number of H-pyrrole nitrogens is 2. The highest BCUT2D eigenvalue weighted by molar-refractivity contribution is 7.72. The molecule has 1 atom stereocenters. The summed E-state index contributed by atoms with van der Waals surface area (Å²) in [6.45, 7) is 2.17. The number of carbonyl (C=O) groups is 1. The smallest absolute Gasteiger partial charge is 0.327 e. The van der Waals surface area contributed by atoms with E-state index in [9.17, 15) is 9.90 Å². The number of aromatic nitrogens is 3. The topological polar surface area (TPSA) is 102 Å². The highest BCUT2D eigenvalue weighted by Crippen LogP contribution is 2.25. The van der Waals surface area contributed by atoms with Crippen molar-refractivity contribution in [3.8, 4) is 11.4 Å². The number of ether oxygens (including phenoxy) is 1. The minimum absolute atomic E-state index is 0.239. The van der Waals surface area contributed by atoms with E-state index >= 15 is 0 Å². The SMILES string of the molecule is CN1CCN(c2cccc(OCNc3cccc(-n4c(=S)[nH][nH]c4=S)c3)c2)C(C(=O)O)C1. The fourth-order valence-electron chi connectivity index (χ4n) is 3.69. The Morgan fingerprint density at radius 1 is 1.12 bits per heavy atom. The maximum atomic E-state index is 11.7. The second-order valence-electron chi connectivity index (χ2n) is 7.52. The van der Waals surface area contributed by atoms with E-state index in [-0.39, 0.29) is 6.73 Å². The lowest BCUT2D eigenvalue weighted by molar-refractivity contribution is -0.139. The standard InChI is InChI=1S/C21H24N6O3S2/c1-25-8-9-26(18(12-25)19(28)29)15-5-3-7-17(11-15)30-13-22-14-4-2-6-16(10-14)27-20(31)23-24-21(27)32/h2-7,10-11,18,22H,8-9,12-13H2,1H3,(H,23,31)(H,24,32)(H,28,29). The van der Waals surface area contributed by atoms with Crippen LogP contribution in [-0.2, 0) is 4.79 Å². The molecule has 0 bridgehead atoms. The predicted molar refractivity (Wildman–Crippen MR) is 128 cm³/mol. The molecule has 0 amide bonds. The van der Waals surface area contributed by atoms with E-state index in [4.69, 9.17) is 29.2 Å². The molecule has 4 rings (SSSR count). The fourth-order valence-corrected chi connectivity index (χ4v) is 4.25. The molecule has 32 heavy (non-hydrogen) atoms. The molecule has 1 unspecified atom stereocenters. The third-order valence-electron chi connectivity index (χ3n) is 5.32. The van der Waals surface area contributed by atoms with Gasteiger partial charge >= 0.3 is 5.97 Å². The maximum Gasteiger partial charge on any atom is 0.327 e. The Balaban J connectivity index is 1.42. The van der Waals surface area contributed by atoms with Gasteiger partial charge in [-0.3, -0.25) is 14.8 Å². The Morgan fingerprint density at radius 3 is 2.59 bits per heavy atom. The maximum absolute atomic E-state index is 11.7. The third-order valence-corrected chi connectivity index (χ3v) is 5.89. The number of carboxylic acids is 1. The first-order chi connectivity index (χ1) is 15.4. The van der Waals surface area contributed by atoms with Crippen molar-refractivity contribution in [3.63, 3.8) is 0 Å². The van der Waals surface area contributed by atoms with Crippen molar-refractivity contribution in [2.75, 3.05) is 43.6 Å². The van der Waals surface area contributed by atoms with Crippen LogP contribution in [0.15, 0.2) is 48.5 Å². The number of hydrogen-bond acceptors (Lipinski definition) is 7. The second kappa shape index (κ2) is 9.55. The van der Waals surface area contributed by atoms with Crippen LogP contribution in [0.5, 0.6) is 5.75 Å². The zero-order chi connectivity index (χ0) is 22.7. The van der Waals surface area contributed by atoms with Crippen LogP contribution in [0.25, 0.3) is 5.69 Å². The summed E-state index contributed by atoms with van der Waals surface area (Å²) in [5.74, 6) is -0.170. The first kappa shape index (κ1) is 22.1. The van der Waals surface area contributed by atoms with E-state index in [2.05, 4.69) is 15.5 Å². The van der Waals surface area contributed by atoms with Crippen LogP contribution in [0.4, 0.5) is 11.4 Å². The minimum Gasteiger partial charge on any atom is -0.480 e. The van der Waals surface area contributed by atoms with Crippen LogP contribution in [0.1, 0.15) is 0 Å². The van der Waals surface area contributed by atoms with Gasteiger partial charge in [-0.25, -0.2) is 4.79 Å². The summed E-state index contributed by atoms with van der Waals surface area (Å²) in [5.41, 5.74) is 2.52. The van der Waals surface area contributed by atoms with Gasteiger partial charge in [-0.15, -0.1) is 0 Å². The van der Waals surface area contributed by atoms with E-state index in [1.165, 1.54) is 0 Å². The number of nitrogens with zero attached hydrogens (tertiary/aromatic N) is 3. The van der Waals surface area contributed by atoms with Crippen molar-refractivity contribution in [3.05, 3.63) is 58.1 Å². The summed E-state index contributed by atoms with van der Waals surface area (Å²) in [7, 11) is 1.94. The first-order valence-electron chi connectivity index (χ1n) is 10.1. The van der Waals surface area contributed by atoms with Crippen molar-refractivity contribution in [1.82, 2.24) is 19.7 Å². The van der Waals surface area contributed by atoms with Gasteiger partial charge in [-0.2, -0.15) is 0 Å². The molecular weight excluding hydrogens is 448 g/mol. The molecule has 1 aliphatic rings. The number of nitrogens with one attached hydrogen (secondary N) is 3. The van der Waals surface area contributed by atoms with Gasteiger partial charge in [0, 0.05) is 37.1 Å². The Hall–Kier alpha value is -3.15. The summed E-state index contributed by atoms with van der Waals surface area (Å²) in [5, 5.41) is 18.5. The zero-order valence-electron chi connectivity index (χ0n) is 17.4.